The molecule has 0 radical (unpaired) electrons. The Morgan fingerprint density at radius 3 is 2.48 bits per heavy atom. The summed E-state index contributed by atoms with van der Waals surface area (Å²) in [6.07, 6.45) is 2.31. The second kappa shape index (κ2) is 6.38. The fourth-order valence-corrected chi connectivity index (χ4v) is 3.05. The van der Waals surface area contributed by atoms with Gasteiger partial charge in [-0.1, -0.05) is 12.1 Å². The zero-order valence-corrected chi connectivity index (χ0v) is 12.9. The third-order valence-electron chi connectivity index (χ3n) is 3.20. The van der Waals surface area contributed by atoms with E-state index in [4.69, 9.17) is 5.11 Å². The van der Waals surface area contributed by atoms with E-state index in [-0.39, 0.29) is 18.0 Å². The molecule has 114 valence electrons. The van der Waals surface area contributed by atoms with Crippen LogP contribution in [0.4, 0.5) is 0 Å². The Kier molecular flexibility index (Phi) is 4.76. The van der Waals surface area contributed by atoms with Crippen molar-refractivity contribution in [2.75, 3.05) is 6.61 Å². The summed E-state index contributed by atoms with van der Waals surface area (Å²) in [7, 11) is -1.75. The largest absolute Gasteiger partial charge is 0.396 e. The van der Waals surface area contributed by atoms with Crippen LogP contribution in [0.2, 0.25) is 0 Å². The van der Waals surface area contributed by atoms with Crippen LogP contribution >= 0.6 is 0 Å². The predicted molar refractivity (Wildman–Crippen MR) is 79.2 cm³/mol. The minimum Gasteiger partial charge on any atom is -0.396 e. The van der Waals surface area contributed by atoms with E-state index < -0.39 is 10.0 Å². The van der Waals surface area contributed by atoms with Gasteiger partial charge in [-0.2, -0.15) is 5.10 Å². The Hall–Kier alpha value is -1.70. The van der Waals surface area contributed by atoms with E-state index in [1.807, 2.05) is 6.92 Å². The zero-order valence-electron chi connectivity index (χ0n) is 12.1. The number of nitrogens with zero attached hydrogens (tertiary/aromatic N) is 2. The van der Waals surface area contributed by atoms with Gasteiger partial charge in [0.05, 0.1) is 10.6 Å². The molecule has 0 aliphatic carbocycles. The van der Waals surface area contributed by atoms with Crippen LogP contribution in [0.25, 0.3) is 0 Å². The minimum atomic E-state index is -3.55. The SMILES string of the molecule is Cc1nn(C)cc1CNS(=O)(=O)c1ccc(CCO)cc1. The maximum Gasteiger partial charge on any atom is 0.240 e. The van der Waals surface area contributed by atoms with E-state index in [1.165, 1.54) is 0 Å². The first-order chi connectivity index (χ1) is 9.92. The molecular formula is C14H19N3O3S. The lowest BCUT2D eigenvalue weighted by Crippen LogP contribution is -2.23. The van der Waals surface area contributed by atoms with E-state index in [0.29, 0.717) is 6.42 Å². The molecular weight excluding hydrogens is 290 g/mol. The van der Waals surface area contributed by atoms with Crippen molar-refractivity contribution in [3.8, 4) is 0 Å². The van der Waals surface area contributed by atoms with Gasteiger partial charge >= 0.3 is 0 Å². The van der Waals surface area contributed by atoms with Crippen molar-refractivity contribution in [2.24, 2.45) is 7.05 Å². The summed E-state index contributed by atoms with van der Waals surface area (Å²) in [5.41, 5.74) is 2.55. The van der Waals surface area contributed by atoms with Crippen molar-refractivity contribution >= 4 is 10.0 Å². The Bertz CT molecular complexity index is 706. The van der Waals surface area contributed by atoms with Crippen molar-refractivity contribution in [2.45, 2.75) is 24.8 Å². The first-order valence-corrected chi connectivity index (χ1v) is 8.09. The molecule has 6 nitrogen and oxygen atoms in total. The van der Waals surface area contributed by atoms with Crippen LogP contribution in [-0.2, 0) is 30.0 Å². The molecule has 0 bridgehead atoms. The average molecular weight is 309 g/mol. The fourth-order valence-electron chi connectivity index (χ4n) is 2.04. The molecule has 0 amide bonds. The summed E-state index contributed by atoms with van der Waals surface area (Å²) in [4.78, 5) is 0.214. The molecule has 2 aromatic rings. The van der Waals surface area contributed by atoms with Crippen molar-refractivity contribution in [3.63, 3.8) is 0 Å². The Balaban J connectivity index is 2.09. The highest BCUT2D eigenvalue weighted by Gasteiger charge is 2.14. The van der Waals surface area contributed by atoms with Crippen molar-refractivity contribution in [1.29, 1.82) is 0 Å². The van der Waals surface area contributed by atoms with Gasteiger partial charge in [-0.3, -0.25) is 4.68 Å². The molecule has 0 saturated carbocycles. The van der Waals surface area contributed by atoms with Gasteiger partial charge in [-0.15, -0.1) is 0 Å². The van der Waals surface area contributed by atoms with Gasteiger partial charge in [0.15, 0.2) is 0 Å². The maximum atomic E-state index is 12.2. The molecule has 0 unspecified atom stereocenters. The van der Waals surface area contributed by atoms with Gasteiger partial charge in [-0.05, 0) is 31.0 Å². The second-order valence-electron chi connectivity index (χ2n) is 4.86. The lowest BCUT2D eigenvalue weighted by Gasteiger charge is -2.07. The van der Waals surface area contributed by atoms with Gasteiger partial charge in [0.2, 0.25) is 10.0 Å². The van der Waals surface area contributed by atoms with E-state index in [0.717, 1.165) is 16.8 Å². The van der Waals surface area contributed by atoms with Gasteiger partial charge < -0.3 is 5.11 Å². The number of benzene rings is 1. The van der Waals surface area contributed by atoms with Gasteiger partial charge in [0.1, 0.15) is 0 Å². The van der Waals surface area contributed by atoms with E-state index in [9.17, 15) is 8.42 Å². The molecule has 0 aliphatic heterocycles. The quantitative estimate of drug-likeness (QED) is 0.824. The third-order valence-corrected chi connectivity index (χ3v) is 4.62. The Morgan fingerprint density at radius 2 is 1.95 bits per heavy atom. The van der Waals surface area contributed by atoms with Crippen LogP contribution in [-0.4, -0.2) is 29.9 Å². The number of hydrogen-bond donors (Lipinski definition) is 2. The molecule has 1 aromatic carbocycles. The van der Waals surface area contributed by atoms with Crippen molar-refractivity contribution < 1.29 is 13.5 Å². The summed E-state index contributed by atoms with van der Waals surface area (Å²) in [5.74, 6) is 0. The van der Waals surface area contributed by atoms with Crippen molar-refractivity contribution in [3.05, 3.63) is 47.3 Å². The summed E-state index contributed by atoms with van der Waals surface area (Å²) in [6.45, 7) is 2.10. The third kappa shape index (κ3) is 3.90. The lowest BCUT2D eigenvalue weighted by molar-refractivity contribution is 0.299. The molecule has 1 heterocycles. The summed E-state index contributed by atoms with van der Waals surface area (Å²) in [6, 6.07) is 6.51. The highest BCUT2D eigenvalue weighted by Crippen LogP contribution is 2.12. The van der Waals surface area contributed by atoms with Crippen LogP contribution in [0, 0.1) is 6.92 Å². The predicted octanol–water partition coefficient (Wildman–Crippen LogP) is 0.742. The Labute approximate surface area is 124 Å². The number of aromatic nitrogens is 2. The number of hydrogen-bond acceptors (Lipinski definition) is 4. The number of aliphatic hydroxyl groups excluding tert-OH is 1. The molecule has 0 atom stereocenters. The van der Waals surface area contributed by atoms with Crippen LogP contribution in [0.3, 0.4) is 0 Å². The monoisotopic (exact) mass is 309 g/mol. The second-order valence-corrected chi connectivity index (χ2v) is 6.62. The minimum absolute atomic E-state index is 0.0463. The van der Waals surface area contributed by atoms with E-state index >= 15 is 0 Å². The fraction of sp³-hybridized carbons (Fsp3) is 0.357. The molecule has 0 saturated heterocycles. The average Bonchev–Trinajstić information content (AvgIpc) is 2.76. The zero-order chi connectivity index (χ0) is 15.5. The van der Waals surface area contributed by atoms with Crippen LogP contribution < -0.4 is 4.72 Å². The molecule has 2 rings (SSSR count). The number of aryl methyl sites for hydroxylation is 2. The summed E-state index contributed by atoms with van der Waals surface area (Å²) < 4.78 is 28.6. The highest BCUT2D eigenvalue weighted by molar-refractivity contribution is 7.89. The number of nitrogens with one attached hydrogen (secondary N) is 1. The normalized spacial score (nSPS) is 11.8. The smallest absolute Gasteiger partial charge is 0.240 e. The van der Waals surface area contributed by atoms with Gasteiger partial charge in [-0.25, -0.2) is 13.1 Å². The van der Waals surface area contributed by atoms with Crippen LogP contribution in [0.15, 0.2) is 35.4 Å². The molecule has 1 aromatic heterocycles. The highest BCUT2D eigenvalue weighted by atomic mass is 32.2. The molecule has 0 aliphatic rings. The first-order valence-electron chi connectivity index (χ1n) is 6.61. The molecule has 7 heteroatoms. The molecule has 0 fully saturated rings. The van der Waals surface area contributed by atoms with Crippen molar-refractivity contribution in [1.82, 2.24) is 14.5 Å². The Morgan fingerprint density at radius 1 is 1.29 bits per heavy atom. The summed E-state index contributed by atoms with van der Waals surface area (Å²) in [5, 5.41) is 13.0. The van der Waals surface area contributed by atoms with Crippen LogP contribution in [0.5, 0.6) is 0 Å². The van der Waals surface area contributed by atoms with Crippen LogP contribution in [0.1, 0.15) is 16.8 Å². The first kappa shape index (κ1) is 15.7. The number of aliphatic hydroxyl groups is 1. The topological polar surface area (TPSA) is 84.2 Å². The standard InChI is InChI=1S/C14H19N3O3S/c1-11-13(10-17(2)16-11)9-15-21(19,20)14-5-3-12(4-6-14)7-8-18/h3-6,10,15,18H,7-9H2,1-2H3. The van der Waals surface area contributed by atoms with E-state index in [1.54, 1.807) is 42.2 Å². The van der Waals surface area contributed by atoms with E-state index in [2.05, 4.69) is 9.82 Å². The number of rotatable bonds is 6. The maximum absolute atomic E-state index is 12.2. The summed E-state index contributed by atoms with van der Waals surface area (Å²) >= 11 is 0. The van der Waals surface area contributed by atoms with Gasteiger partial charge in [0, 0.05) is 32.0 Å². The lowest BCUT2D eigenvalue weighted by atomic mass is 10.2. The number of sulfonamides is 1. The molecule has 21 heavy (non-hydrogen) atoms. The molecule has 0 spiro atoms. The van der Waals surface area contributed by atoms with Gasteiger partial charge in [0.25, 0.3) is 0 Å². The molecule has 2 N–H and O–H groups in total.